The number of pyridine rings is 1. The van der Waals surface area contributed by atoms with Crippen molar-refractivity contribution in [2.45, 2.75) is 4.90 Å². The summed E-state index contributed by atoms with van der Waals surface area (Å²) in [4.78, 5) is 7.54. The molecule has 0 atom stereocenters. The van der Waals surface area contributed by atoms with Crippen LogP contribution >= 0.6 is 0 Å². The first-order valence-electron chi connectivity index (χ1n) is 6.28. The van der Waals surface area contributed by atoms with Gasteiger partial charge < -0.3 is 4.98 Å². The molecule has 0 saturated carbocycles. The number of nitrogens with one attached hydrogen (secondary N) is 1. The number of sulfone groups is 1. The molecule has 1 aromatic carbocycles. The van der Waals surface area contributed by atoms with Crippen LogP contribution in [-0.4, -0.2) is 24.6 Å². The van der Waals surface area contributed by atoms with Gasteiger partial charge in [-0.2, -0.15) is 0 Å². The van der Waals surface area contributed by atoms with Crippen molar-refractivity contribution in [3.05, 3.63) is 59.9 Å². The molecular formula is C16H12N2O2S. The average molecular weight is 296 g/mol. The third-order valence-corrected chi connectivity index (χ3v) is 4.21. The van der Waals surface area contributed by atoms with Crippen molar-refractivity contribution in [1.82, 2.24) is 9.97 Å². The van der Waals surface area contributed by atoms with Gasteiger partial charge in [0, 0.05) is 35.2 Å². The van der Waals surface area contributed by atoms with E-state index in [1.165, 1.54) is 6.26 Å². The van der Waals surface area contributed by atoms with Gasteiger partial charge in [-0.25, -0.2) is 13.4 Å². The number of H-pyrrole nitrogens is 1. The molecule has 2 heterocycles. The minimum atomic E-state index is -3.17. The highest BCUT2D eigenvalue weighted by atomic mass is 32.2. The molecule has 21 heavy (non-hydrogen) atoms. The third kappa shape index (κ3) is 2.81. The minimum Gasteiger partial charge on any atom is -0.346 e. The van der Waals surface area contributed by atoms with E-state index in [9.17, 15) is 8.42 Å². The second-order valence-electron chi connectivity index (χ2n) is 4.65. The Morgan fingerprint density at radius 2 is 1.81 bits per heavy atom. The van der Waals surface area contributed by atoms with Crippen LogP contribution < -0.4 is 0 Å². The van der Waals surface area contributed by atoms with Gasteiger partial charge in [0.2, 0.25) is 0 Å². The number of hydrogen-bond donors (Lipinski definition) is 1. The number of hydrogen-bond acceptors (Lipinski definition) is 3. The molecule has 0 saturated heterocycles. The van der Waals surface area contributed by atoms with Crippen LogP contribution in [-0.2, 0) is 9.84 Å². The molecule has 3 rings (SSSR count). The lowest BCUT2D eigenvalue weighted by Crippen LogP contribution is -1.96. The molecule has 0 spiro atoms. The van der Waals surface area contributed by atoms with E-state index in [4.69, 9.17) is 0 Å². The lowest BCUT2D eigenvalue weighted by molar-refractivity contribution is 0.602. The maximum Gasteiger partial charge on any atom is 0.175 e. The third-order valence-electron chi connectivity index (χ3n) is 3.08. The van der Waals surface area contributed by atoms with Crippen LogP contribution in [0.3, 0.4) is 0 Å². The van der Waals surface area contributed by atoms with E-state index < -0.39 is 9.84 Å². The molecule has 0 fully saturated rings. The Bertz CT molecular complexity index is 959. The van der Waals surface area contributed by atoms with E-state index in [0.29, 0.717) is 4.90 Å². The van der Waals surface area contributed by atoms with Gasteiger partial charge in [0.05, 0.1) is 4.90 Å². The van der Waals surface area contributed by atoms with Crippen molar-refractivity contribution < 1.29 is 8.42 Å². The van der Waals surface area contributed by atoms with Crippen molar-refractivity contribution in [2.24, 2.45) is 0 Å². The van der Waals surface area contributed by atoms with Crippen molar-refractivity contribution in [3.8, 4) is 11.8 Å². The second kappa shape index (κ2) is 5.08. The standard InChI is InChI=1S/C16H12N2O2S/c1-21(19,20)14-6-3-12(4-7-14)2-5-13-8-10-17-16-15(13)9-11-18-16/h3-4,6-11H,1H3,(H,17,18). The summed E-state index contributed by atoms with van der Waals surface area (Å²) in [5, 5.41) is 0.970. The van der Waals surface area contributed by atoms with Crippen LogP contribution in [0.4, 0.5) is 0 Å². The molecule has 0 aliphatic rings. The van der Waals surface area contributed by atoms with Crippen LogP contribution in [0.2, 0.25) is 0 Å². The Labute approximate surface area is 122 Å². The molecule has 3 aromatic rings. The van der Waals surface area contributed by atoms with E-state index in [1.54, 1.807) is 30.5 Å². The number of aromatic amines is 1. The summed E-state index contributed by atoms with van der Waals surface area (Å²) in [7, 11) is -3.17. The molecule has 0 unspecified atom stereocenters. The smallest absolute Gasteiger partial charge is 0.175 e. The van der Waals surface area contributed by atoms with Gasteiger partial charge in [0.1, 0.15) is 5.65 Å². The van der Waals surface area contributed by atoms with Crippen molar-refractivity contribution >= 4 is 20.9 Å². The molecule has 0 bridgehead atoms. The summed E-state index contributed by atoms with van der Waals surface area (Å²) in [5.74, 6) is 6.12. The molecule has 0 aliphatic carbocycles. The topological polar surface area (TPSA) is 62.8 Å². The fourth-order valence-electron chi connectivity index (χ4n) is 1.99. The van der Waals surface area contributed by atoms with Crippen LogP contribution in [0.5, 0.6) is 0 Å². The van der Waals surface area contributed by atoms with Crippen molar-refractivity contribution in [3.63, 3.8) is 0 Å². The highest BCUT2D eigenvalue weighted by Crippen LogP contribution is 2.14. The first kappa shape index (κ1) is 13.4. The maximum atomic E-state index is 11.4. The summed E-state index contributed by atoms with van der Waals surface area (Å²) >= 11 is 0. The molecule has 0 aliphatic heterocycles. The Kier molecular flexibility index (Phi) is 3.24. The van der Waals surface area contributed by atoms with E-state index in [-0.39, 0.29) is 0 Å². The zero-order valence-electron chi connectivity index (χ0n) is 11.3. The largest absolute Gasteiger partial charge is 0.346 e. The van der Waals surface area contributed by atoms with E-state index in [0.717, 1.165) is 22.2 Å². The summed E-state index contributed by atoms with van der Waals surface area (Å²) in [6.45, 7) is 0. The van der Waals surface area contributed by atoms with Crippen LogP contribution in [0.15, 0.2) is 53.7 Å². The second-order valence-corrected chi connectivity index (χ2v) is 6.66. The van der Waals surface area contributed by atoms with Crippen LogP contribution in [0.25, 0.3) is 11.0 Å². The SMILES string of the molecule is CS(=O)(=O)c1ccc(C#Cc2ccnc3[nH]ccc23)cc1. The first-order chi connectivity index (χ1) is 10.0. The lowest BCUT2D eigenvalue weighted by atomic mass is 10.1. The van der Waals surface area contributed by atoms with Crippen LogP contribution in [0.1, 0.15) is 11.1 Å². The number of rotatable bonds is 1. The molecule has 0 amide bonds. The zero-order chi connectivity index (χ0) is 14.9. The summed E-state index contributed by atoms with van der Waals surface area (Å²) in [6, 6.07) is 10.3. The number of fused-ring (bicyclic) bond motifs is 1. The van der Waals surface area contributed by atoms with Gasteiger partial charge in [0.25, 0.3) is 0 Å². The quantitative estimate of drug-likeness (QED) is 0.701. The molecule has 0 radical (unpaired) electrons. The Balaban J connectivity index is 1.96. The highest BCUT2D eigenvalue weighted by Gasteiger charge is 2.05. The first-order valence-corrected chi connectivity index (χ1v) is 8.17. The van der Waals surface area contributed by atoms with E-state index in [1.807, 2.05) is 18.3 Å². The molecule has 4 nitrogen and oxygen atoms in total. The fourth-order valence-corrected chi connectivity index (χ4v) is 2.63. The van der Waals surface area contributed by atoms with Crippen molar-refractivity contribution in [2.75, 3.05) is 6.26 Å². The zero-order valence-corrected chi connectivity index (χ0v) is 12.1. The molecular weight excluding hydrogens is 284 g/mol. The number of nitrogens with zero attached hydrogens (tertiary/aromatic N) is 1. The van der Waals surface area contributed by atoms with E-state index in [2.05, 4.69) is 21.8 Å². The van der Waals surface area contributed by atoms with Gasteiger partial charge in [-0.1, -0.05) is 11.8 Å². The Morgan fingerprint density at radius 3 is 2.52 bits per heavy atom. The van der Waals surface area contributed by atoms with Gasteiger partial charge in [0.15, 0.2) is 9.84 Å². The minimum absolute atomic E-state index is 0.296. The molecule has 5 heteroatoms. The molecule has 104 valence electrons. The van der Waals surface area contributed by atoms with Gasteiger partial charge >= 0.3 is 0 Å². The Hall–Kier alpha value is -2.58. The van der Waals surface area contributed by atoms with Gasteiger partial charge in [-0.3, -0.25) is 0 Å². The lowest BCUT2D eigenvalue weighted by Gasteiger charge is -1.97. The Morgan fingerprint density at radius 1 is 1.05 bits per heavy atom. The number of aromatic nitrogens is 2. The normalized spacial score (nSPS) is 11.1. The fraction of sp³-hybridized carbons (Fsp3) is 0.0625. The predicted octanol–water partition coefficient (Wildman–Crippen LogP) is 2.37. The van der Waals surface area contributed by atoms with Gasteiger partial charge in [-0.15, -0.1) is 0 Å². The van der Waals surface area contributed by atoms with Crippen LogP contribution in [0, 0.1) is 11.8 Å². The van der Waals surface area contributed by atoms with Crippen molar-refractivity contribution in [1.29, 1.82) is 0 Å². The summed E-state index contributed by atoms with van der Waals surface area (Å²) < 4.78 is 22.8. The summed E-state index contributed by atoms with van der Waals surface area (Å²) in [5.41, 5.74) is 2.45. The van der Waals surface area contributed by atoms with Gasteiger partial charge in [-0.05, 0) is 36.4 Å². The molecule has 2 aromatic heterocycles. The average Bonchev–Trinajstić information content (AvgIpc) is 2.93. The molecule has 1 N–H and O–H groups in total. The summed E-state index contributed by atoms with van der Waals surface area (Å²) in [6.07, 6.45) is 4.71. The number of benzene rings is 1. The predicted molar refractivity (Wildman–Crippen MR) is 81.6 cm³/mol. The highest BCUT2D eigenvalue weighted by molar-refractivity contribution is 7.90. The monoisotopic (exact) mass is 296 g/mol. The maximum absolute atomic E-state index is 11.4. The van der Waals surface area contributed by atoms with E-state index >= 15 is 0 Å².